The molecule has 0 aromatic heterocycles. The van der Waals surface area contributed by atoms with Crippen LogP contribution in [-0.2, 0) is 11.2 Å². The van der Waals surface area contributed by atoms with Gasteiger partial charge in [0, 0.05) is 0 Å². The van der Waals surface area contributed by atoms with Gasteiger partial charge < -0.3 is 11.1 Å². The summed E-state index contributed by atoms with van der Waals surface area (Å²) in [6, 6.07) is 8.05. The van der Waals surface area contributed by atoms with Crippen molar-refractivity contribution in [1.82, 2.24) is 5.32 Å². The summed E-state index contributed by atoms with van der Waals surface area (Å²) in [5.74, 6) is 0.202. The van der Waals surface area contributed by atoms with Crippen molar-refractivity contribution in [2.75, 3.05) is 0 Å². The predicted octanol–water partition coefficient (Wildman–Crippen LogP) is 2.16. The maximum absolute atomic E-state index is 12.1. The number of nitrogens with two attached hydrogens (primary N) is 1. The first-order valence-corrected chi connectivity index (χ1v) is 6.77. The van der Waals surface area contributed by atoms with Crippen LogP contribution in [0.25, 0.3) is 0 Å². The average Bonchev–Trinajstić information content (AvgIpc) is 2.80. The molecule has 98 valence electrons. The van der Waals surface area contributed by atoms with Crippen LogP contribution in [0.15, 0.2) is 24.3 Å². The van der Waals surface area contributed by atoms with E-state index < -0.39 is 6.04 Å². The molecule has 0 saturated carbocycles. The highest BCUT2D eigenvalue weighted by atomic mass is 16.2. The van der Waals surface area contributed by atoms with Gasteiger partial charge in [-0.05, 0) is 29.9 Å². The highest BCUT2D eigenvalue weighted by molar-refractivity contribution is 5.82. The Balaban J connectivity index is 2.02. The fourth-order valence-electron chi connectivity index (χ4n) is 2.49. The Morgan fingerprint density at radius 1 is 1.50 bits per heavy atom. The lowest BCUT2D eigenvalue weighted by molar-refractivity contribution is -0.124. The molecule has 1 amide bonds. The lowest BCUT2D eigenvalue weighted by atomic mass is 9.98. The van der Waals surface area contributed by atoms with Gasteiger partial charge in [-0.3, -0.25) is 4.79 Å². The summed E-state index contributed by atoms with van der Waals surface area (Å²) in [5.41, 5.74) is 8.56. The second-order valence-electron chi connectivity index (χ2n) is 5.21. The molecule has 0 spiro atoms. The molecule has 0 fully saturated rings. The zero-order valence-electron chi connectivity index (χ0n) is 11.1. The normalized spacial score (nSPS) is 21.2. The molecule has 3 nitrogen and oxygen atoms in total. The minimum Gasteiger partial charge on any atom is -0.348 e. The van der Waals surface area contributed by atoms with Crippen LogP contribution in [0.3, 0.4) is 0 Å². The number of carbonyl (C=O) groups is 1. The number of rotatable bonds is 4. The molecule has 3 atom stereocenters. The molecule has 1 aromatic rings. The Bertz CT molecular complexity index is 430. The van der Waals surface area contributed by atoms with Gasteiger partial charge in [-0.25, -0.2) is 0 Å². The molecule has 2 rings (SSSR count). The maximum Gasteiger partial charge on any atom is 0.237 e. The van der Waals surface area contributed by atoms with E-state index in [-0.39, 0.29) is 17.9 Å². The smallest absolute Gasteiger partial charge is 0.237 e. The predicted molar refractivity (Wildman–Crippen MR) is 73.1 cm³/mol. The number of nitrogens with one attached hydrogen (secondary N) is 1. The Labute approximate surface area is 109 Å². The zero-order chi connectivity index (χ0) is 13.1. The van der Waals surface area contributed by atoms with Crippen molar-refractivity contribution in [2.45, 2.75) is 45.2 Å². The van der Waals surface area contributed by atoms with E-state index in [9.17, 15) is 4.79 Å². The first-order valence-electron chi connectivity index (χ1n) is 6.77. The van der Waals surface area contributed by atoms with Crippen LogP contribution in [0.4, 0.5) is 0 Å². The third-order valence-corrected chi connectivity index (χ3v) is 4.01. The maximum atomic E-state index is 12.1. The average molecular weight is 246 g/mol. The molecule has 0 bridgehead atoms. The van der Waals surface area contributed by atoms with Crippen LogP contribution in [-0.4, -0.2) is 11.9 Å². The van der Waals surface area contributed by atoms with Gasteiger partial charge in [-0.15, -0.1) is 0 Å². The monoisotopic (exact) mass is 246 g/mol. The van der Waals surface area contributed by atoms with Crippen molar-refractivity contribution in [3.63, 3.8) is 0 Å². The van der Waals surface area contributed by atoms with Crippen LogP contribution >= 0.6 is 0 Å². The Hall–Kier alpha value is -1.35. The van der Waals surface area contributed by atoms with Crippen LogP contribution < -0.4 is 11.1 Å². The van der Waals surface area contributed by atoms with Crippen molar-refractivity contribution in [1.29, 1.82) is 0 Å². The van der Waals surface area contributed by atoms with Crippen LogP contribution in [0, 0.1) is 5.92 Å². The molecule has 1 aliphatic carbocycles. The van der Waals surface area contributed by atoms with Gasteiger partial charge in [0.15, 0.2) is 0 Å². The third kappa shape index (κ3) is 2.56. The summed E-state index contributed by atoms with van der Waals surface area (Å²) < 4.78 is 0. The lowest BCUT2D eigenvalue weighted by Gasteiger charge is -2.21. The van der Waals surface area contributed by atoms with Crippen LogP contribution in [0.2, 0.25) is 0 Å². The molecule has 18 heavy (non-hydrogen) atoms. The standard InChI is InChI=1S/C15H22N2O/c1-3-10(2)14(16)15(18)17-13-9-8-11-6-4-5-7-12(11)13/h4-7,10,13-14H,3,8-9,16H2,1-2H3,(H,17,18). The van der Waals surface area contributed by atoms with E-state index in [1.165, 1.54) is 11.1 Å². The number of amides is 1. The molecular weight excluding hydrogens is 224 g/mol. The molecule has 1 aromatic carbocycles. The van der Waals surface area contributed by atoms with Crippen LogP contribution in [0.1, 0.15) is 43.9 Å². The topological polar surface area (TPSA) is 55.1 Å². The van der Waals surface area contributed by atoms with Gasteiger partial charge in [-0.2, -0.15) is 0 Å². The summed E-state index contributed by atoms with van der Waals surface area (Å²) in [4.78, 5) is 12.1. The van der Waals surface area contributed by atoms with E-state index in [0.29, 0.717) is 0 Å². The zero-order valence-corrected chi connectivity index (χ0v) is 11.1. The number of hydrogen-bond donors (Lipinski definition) is 2. The molecule has 0 aliphatic heterocycles. The third-order valence-electron chi connectivity index (χ3n) is 4.01. The number of hydrogen-bond acceptors (Lipinski definition) is 2. The number of fused-ring (bicyclic) bond motifs is 1. The minimum atomic E-state index is -0.400. The minimum absolute atomic E-state index is 0.0222. The van der Waals surface area contributed by atoms with Crippen molar-refractivity contribution >= 4 is 5.91 Å². The van der Waals surface area contributed by atoms with E-state index in [1.807, 2.05) is 19.1 Å². The molecular formula is C15H22N2O. The van der Waals surface area contributed by atoms with E-state index >= 15 is 0 Å². The summed E-state index contributed by atoms with van der Waals surface area (Å²) in [6.45, 7) is 4.08. The Morgan fingerprint density at radius 2 is 2.22 bits per heavy atom. The van der Waals surface area contributed by atoms with E-state index in [0.717, 1.165) is 19.3 Å². The lowest BCUT2D eigenvalue weighted by Crippen LogP contribution is -2.45. The SMILES string of the molecule is CCC(C)C(N)C(=O)NC1CCc2ccccc21. The summed E-state index contributed by atoms with van der Waals surface area (Å²) in [7, 11) is 0. The van der Waals surface area contributed by atoms with E-state index in [1.54, 1.807) is 0 Å². The summed E-state index contributed by atoms with van der Waals surface area (Å²) in [5, 5.41) is 3.09. The molecule has 3 heteroatoms. The van der Waals surface area contributed by atoms with Crippen LogP contribution in [0.5, 0.6) is 0 Å². The largest absolute Gasteiger partial charge is 0.348 e. The molecule has 0 radical (unpaired) electrons. The first kappa shape index (κ1) is 13.1. The fraction of sp³-hybridized carbons (Fsp3) is 0.533. The Kier molecular flexibility index (Phi) is 4.02. The molecule has 3 unspecified atom stereocenters. The second-order valence-corrected chi connectivity index (χ2v) is 5.21. The number of benzene rings is 1. The van der Waals surface area contributed by atoms with Crippen molar-refractivity contribution < 1.29 is 4.79 Å². The van der Waals surface area contributed by atoms with E-state index in [2.05, 4.69) is 24.4 Å². The van der Waals surface area contributed by atoms with E-state index in [4.69, 9.17) is 5.73 Å². The highest BCUT2D eigenvalue weighted by Crippen LogP contribution is 2.30. The Morgan fingerprint density at radius 3 is 2.94 bits per heavy atom. The second kappa shape index (κ2) is 5.53. The van der Waals surface area contributed by atoms with Crippen molar-refractivity contribution in [3.05, 3.63) is 35.4 Å². The fourth-order valence-corrected chi connectivity index (χ4v) is 2.49. The molecule has 3 N–H and O–H groups in total. The molecule has 0 saturated heterocycles. The number of aryl methyl sites for hydroxylation is 1. The van der Waals surface area contributed by atoms with Gasteiger partial charge >= 0.3 is 0 Å². The molecule has 0 heterocycles. The van der Waals surface area contributed by atoms with Crippen molar-refractivity contribution in [3.8, 4) is 0 Å². The first-order chi connectivity index (χ1) is 8.63. The quantitative estimate of drug-likeness (QED) is 0.855. The van der Waals surface area contributed by atoms with Gasteiger partial charge in [-0.1, -0.05) is 44.5 Å². The van der Waals surface area contributed by atoms with Gasteiger partial charge in [0.1, 0.15) is 0 Å². The summed E-state index contributed by atoms with van der Waals surface area (Å²) in [6.07, 6.45) is 2.95. The molecule has 1 aliphatic rings. The van der Waals surface area contributed by atoms with Crippen molar-refractivity contribution in [2.24, 2.45) is 11.7 Å². The number of carbonyl (C=O) groups excluding carboxylic acids is 1. The highest BCUT2D eigenvalue weighted by Gasteiger charge is 2.26. The van der Waals surface area contributed by atoms with Gasteiger partial charge in [0.25, 0.3) is 0 Å². The summed E-state index contributed by atoms with van der Waals surface area (Å²) >= 11 is 0. The van der Waals surface area contributed by atoms with Gasteiger partial charge in [0.05, 0.1) is 12.1 Å². The van der Waals surface area contributed by atoms with Gasteiger partial charge in [0.2, 0.25) is 5.91 Å².